The fraction of sp³-hybridized carbons (Fsp3) is 0.0769. The minimum Gasteiger partial charge on any atom is -0.456 e. The molecule has 7 heteroatoms. The van der Waals surface area contributed by atoms with Crippen LogP contribution in [0.3, 0.4) is 0 Å². The fourth-order valence-electron chi connectivity index (χ4n) is 1.56. The lowest BCUT2D eigenvalue weighted by atomic mass is 10.2. The molecule has 0 aromatic heterocycles. The van der Waals surface area contributed by atoms with Crippen molar-refractivity contribution in [1.82, 2.24) is 0 Å². The van der Waals surface area contributed by atoms with Crippen LogP contribution in [0.5, 0.6) is 11.5 Å². The van der Waals surface area contributed by atoms with Gasteiger partial charge in [0.2, 0.25) is 0 Å². The first kappa shape index (κ1) is 15.0. The molecule has 0 saturated heterocycles. The van der Waals surface area contributed by atoms with E-state index in [1.807, 2.05) is 0 Å². The molecule has 1 N–H and O–H groups in total. The van der Waals surface area contributed by atoms with Crippen molar-refractivity contribution in [2.24, 2.45) is 0 Å². The smallest absolute Gasteiger partial charge is 0.274 e. The Hall–Kier alpha value is -1.44. The van der Waals surface area contributed by atoms with E-state index in [9.17, 15) is 10.1 Å². The summed E-state index contributed by atoms with van der Waals surface area (Å²) in [7, 11) is 0. The van der Waals surface area contributed by atoms with Gasteiger partial charge in [0, 0.05) is 10.5 Å². The maximum Gasteiger partial charge on any atom is 0.274 e. The van der Waals surface area contributed by atoms with Gasteiger partial charge < -0.3 is 9.84 Å². The van der Waals surface area contributed by atoms with Gasteiger partial charge in [0.15, 0.2) is 0 Å². The molecule has 104 valence electrons. The summed E-state index contributed by atoms with van der Waals surface area (Å²) in [5.41, 5.74) is 0.682. The van der Waals surface area contributed by atoms with Crippen molar-refractivity contribution >= 4 is 37.5 Å². The van der Waals surface area contributed by atoms with Gasteiger partial charge in [-0.1, -0.05) is 22.0 Å². The topological polar surface area (TPSA) is 72.6 Å². The van der Waals surface area contributed by atoms with Gasteiger partial charge in [-0.2, -0.15) is 0 Å². The van der Waals surface area contributed by atoms with Crippen molar-refractivity contribution in [1.29, 1.82) is 0 Å². The number of nitro benzene ring substituents is 1. The van der Waals surface area contributed by atoms with E-state index in [0.29, 0.717) is 20.4 Å². The standard InChI is InChI=1S/C13H9Br2NO4/c14-9-4-10(16(18)19)6-11(5-9)20-13-2-1-8(7-17)3-12(13)15/h1-6,17H,7H2. The van der Waals surface area contributed by atoms with Gasteiger partial charge in [0.1, 0.15) is 11.5 Å². The quantitative estimate of drug-likeness (QED) is 0.607. The lowest BCUT2D eigenvalue weighted by Crippen LogP contribution is -1.91. The van der Waals surface area contributed by atoms with Crippen molar-refractivity contribution < 1.29 is 14.8 Å². The zero-order valence-electron chi connectivity index (χ0n) is 10.0. The van der Waals surface area contributed by atoms with Crippen molar-refractivity contribution in [3.63, 3.8) is 0 Å². The van der Waals surface area contributed by atoms with Gasteiger partial charge in [0.25, 0.3) is 5.69 Å². The van der Waals surface area contributed by atoms with Crippen LogP contribution >= 0.6 is 31.9 Å². The highest BCUT2D eigenvalue weighted by Crippen LogP contribution is 2.33. The van der Waals surface area contributed by atoms with E-state index < -0.39 is 4.92 Å². The van der Waals surface area contributed by atoms with Crippen LogP contribution in [-0.2, 0) is 6.61 Å². The minimum atomic E-state index is -0.485. The van der Waals surface area contributed by atoms with Crippen molar-refractivity contribution in [3.8, 4) is 11.5 Å². The highest BCUT2D eigenvalue weighted by Gasteiger charge is 2.11. The highest BCUT2D eigenvalue weighted by molar-refractivity contribution is 9.10. The molecule has 0 unspecified atom stereocenters. The van der Waals surface area contributed by atoms with E-state index in [0.717, 1.165) is 5.56 Å². The average molecular weight is 403 g/mol. The molecule has 2 aromatic rings. The monoisotopic (exact) mass is 401 g/mol. The molecular formula is C13H9Br2NO4. The Kier molecular flexibility index (Phi) is 4.74. The Morgan fingerprint density at radius 1 is 1.20 bits per heavy atom. The zero-order valence-corrected chi connectivity index (χ0v) is 13.2. The maximum absolute atomic E-state index is 10.8. The number of nitro groups is 1. The SMILES string of the molecule is O=[N+]([O-])c1cc(Br)cc(Oc2ccc(CO)cc2Br)c1. The van der Waals surface area contributed by atoms with Gasteiger partial charge >= 0.3 is 0 Å². The van der Waals surface area contributed by atoms with Crippen LogP contribution in [0.2, 0.25) is 0 Å². The van der Waals surface area contributed by atoms with Gasteiger partial charge in [-0.05, 0) is 39.7 Å². The highest BCUT2D eigenvalue weighted by atomic mass is 79.9. The second-order valence-corrected chi connectivity index (χ2v) is 5.70. The van der Waals surface area contributed by atoms with Crippen molar-refractivity contribution in [2.45, 2.75) is 6.61 Å². The number of nitrogens with zero attached hydrogens (tertiary/aromatic N) is 1. The van der Waals surface area contributed by atoms with Crippen LogP contribution in [0.1, 0.15) is 5.56 Å². The molecule has 20 heavy (non-hydrogen) atoms. The first-order valence-electron chi connectivity index (χ1n) is 5.51. The lowest BCUT2D eigenvalue weighted by Gasteiger charge is -2.09. The predicted molar refractivity (Wildman–Crippen MR) is 80.9 cm³/mol. The van der Waals surface area contributed by atoms with Gasteiger partial charge in [0.05, 0.1) is 22.1 Å². The molecule has 2 aromatic carbocycles. The van der Waals surface area contributed by atoms with Gasteiger partial charge in [-0.25, -0.2) is 0 Å². The van der Waals surface area contributed by atoms with Crippen LogP contribution in [0.15, 0.2) is 45.3 Å². The largest absolute Gasteiger partial charge is 0.456 e. The number of halogens is 2. The minimum absolute atomic E-state index is 0.0579. The van der Waals surface area contributed by atoms with Crippen LogP contribution in [0.25, 0.3) is 0 Å². The van der Waals surface area contributed by atoms with E-state index in [4.69, 9.17) is 9.84 Å². The third-order valence-corrected chi connectivity index (χ3v) is 3.55. The molecule has 5 nitrogen and oxygen atoms in total. The van der Waals surface area contributed by atoms with Gasteiger partial charge in [-0.15, -0.1) is 0 Å². The molecule has 0 aliphatic heterocycles. The van der Waals surface area contributed by atoms with Crippen molar-refractivity contribution in [2.75, 3.05) is 0 Å². The molecule has 0 fully saturated rings. The number of non-ortho nitro benzene ring substituents is 1. The second-order valence-electron chi connectivity index (χ2n) is 3.93. The number of hydrogen-bond donors (Lipinski definition) is 1. The molecule has 0 spiro atoms. The van der Waals surface area contributed by atoms with E-state index in [-0.39, 0.29) is 12.3 Å². The summed E-state index contributed by atoms with van der Waals surface area (Å²) < 4.78 is 6.84. The van der Waals surface area contributed by atoms with Crippen LogP contribution < -0.4 is 4.74 Å². The average Bonchev–Trinajstić information content (AvgIpc) is 2.40. The number of benzene rings is 2. The van der Waals surface area contributed by atoms with Crippen molar-refractivity contribution in [3.05, 3.63) is 61.0 Å². The number of rotatable bonds is 4. The van der Waals surface area contributed by atoms with E-state index in [1.165, 1.54) is 12.1 Å². The molecule has 0 amide bonds. The summed E-state index contributed by atoms with van der Waals surface area (Å²) in [6, 6.07) is 9.50. The maximum atomic E-state index is 10.8. The van der Waals surface area contributed by atoms with E-state index >= 15 is 0 Å². The molecule has 0 heterocycles. The zero-order chi connectivity index (χ0) is 14.7. The number of ether oxygens (including phenoxy) is 1. The first-order chi connectivity index (χ1) is 9.49. The van der Waals surface area contributed by atoms with Crippen LogP contribution in [0.4, 0.5) is 5.69 Å². The molecule has 0 aliphatic rings. The molecule has 0 saturated carbocycles. The Balaban J connectivity index is 2.32. The first-order valence-corrected chi connectivity index (χ1v) is 7.10. The summed E-state index contributed by atoms with van der Waals surface area (Å²) in [4.78, 5) is 10.3. The predicted octanol–water partition coefficient (Wildman–Crippen LogP) is 4.40. The molecule has 0 radical (unpaired) electrons. The third kappa shape index (κ3) is 3.56. The second kappa shape index (κ2) is 6.34. The molecule has 0 bridgehead atoms. The Bertz CT molecular complexity index is 661. The van der Waals surface area contributed by atoms with Crippen LogP contribution in [-0.4, -0.2) is 10.0 Å². The lowest BCUT2D eigenvalue weighted by molar-refractivity contribution is -0.385. The van der Waals surface area contributed by atoms with E-state index in [2.05, 4.69) is 31.9 Å². The molecular weight excluding hydrogens is 394 g/mol. The third-order valence-electron chi connectivity index (χ3n) is 2.47. The number of aliphatic hydroxyl groups excluding tert-OH is 1. The molecule has 0 atom stereocenters. The number of hydrogen-bond acceptors (Lipinski definition) is 4. The molecule has 2 rings (SSSR count). The fourth-order valence-corrected chi connectivity index (χ4v) is 2.53. The summed E-state index contributed by atoms with van der Waals surface area (Å²) in [6.45, 7) is -0.0682. The summed E-state index contributed by atoms with van der Waals surface area (Å²) in [5.74, 6) is 0.859. The Morgan fingerprint density at radius 3 is 2.55 bits per heavy atom. The Labute approximate surface area is 131 Å². The summed E-state index contributed by atoms with van der Waals surface area (Å²) in [5, 5.41) is 19.8. The van der Waals surface area contributed by atoms with E-state index in [1.54, 1.807) is 24.3 Å². The summed E-state index contributed by atoms with van der Waals surface area (Å²) in [6.07, 6.45) is 0. The molecule has 0 aliphatic carbocycles. The number of aliphatic hydroxyl groups is 1. The van der Waals surface area contributed by atoms with Gasteiger partial charge in [-0.3, -0.25) is 10.1 Å². The normalized spacial score (nSPS) is 10.3. The summed E-state index contributed by atoms with van der Waals surface area (Å²) >= 11 is 6.54. The van der Waals surface area contributed by atoms with Crippen LogP contribution in [0, 0.1) is 10.1 Å². The Morgan fingerprint density at radius 2 is 1.95 bits per heavy atom.